The van der Waals surface area contributed by atoms with Crippen LogP contribution in [-0.4, -0.2) is 43.4 Å². The number of cyclic esters (lactones) is 1. The van der Waals surface area contributed by atoms with E-state index in [2.05, 4.69) is 10.4 Å². The molecule has 0 amide bonds. The molecule has 27 heavy (non-hydrogen) atoms. The van der Waals surface area contributed by atoms with Crippen LogP contribution in [0.2, 0.25) is 0 Å². The second kappa shape index (κ2) is 5.57. The predicted molar refractivity (Wildman–Crippen MR) is 92.3 cm³/mol. The maximum Gasteiger partial charge on any atom is 0.337 e. The van der Waals surface area contributed by atoms with Gasteiger partial charge in [0.15, 0.2) is 11.5 Å². The molecule has 1 aromatic heterocycles. The quantitative estimate of drug-likeness (QED) is 0.812. The number of anilines is 1. The highest BCUT2D eigenvalue weighted by Crippen LogP contribution is 2.55. The molecule has 1 atom stereocenters. The van der Waals surface area contributed by atoms with Crippen LogP contribution in [0.4, 0.5) is 5.69 Å². The van der Waals surface area contributed by atoms with E-state index in [0.717, 1.165) is 11.4 Å². The largest absolute Gasteiger partial charge is 0.493 e. The number of esters is 1. The Morgan fingerprint density at radius 3 is 2.81 bits per heavy atom. The van der Waals surface area contributed by atoms with E-state index in [4.69, 9.17) is 23.7 Å². The maximum atomic E-state index is 12.5. The SMILES string of the molecule is COc1cc(C2C3=C(COC3=O)Nc3cn(C)nc32)c(OC)c2c1OCO2. The molecule has 0 spiro atoms. The van der Waals surface area contributed by atoms with Crippen molar-refractivity contribution in [2.45, 2.75) is 5.92 Å². The van der Waals surface area contributed by atoms with E-state index in [1.807, 2.05) is 13.2 Å². The van der Waals surface area contributed by atoms with Crippen LogP contribution in [0.5, 0.6) is 23.0 Å². The van der Waals surface area contributed by atoms with E-state index in [9.17, 15) is 4.79 Å². The molecule has 0 fully saturated rings. The summed E-state index contributed by atoms with van der Waals surface area (Å²) in [7, 11) is 4.94. The lowest BCUT2D eigenvalue weighted by atomic mass is 9.84. The number of hydrogen-bond acceptors (Lipinski definition) is 8. The van der Waals surface area contributed by atoms with Crippen LogP contribution in [0.1, 0.15) is 17.2 Å². The summed E-state index contributed by atoms with van der Waals surface area (Å²) >= 11 is 0. The Morgan fingerprint density at radius 1 is 1.22 bits per heavy atom. The monoisotopic (exact) mass is 371 g/mol. The number of aryl methyl sites for hydroxylation is 1. The summed E-state index contributed by atoms with van der Waals surface area (Å²) in [6, 6.07) is 1.80. The smallest absolute Gasteiger partial charge is 0.337 e. The zero-order valence-electron chi connectivity index (χ0n) is 15.0. The third-order valence-corrected chi connectivity index (χ3v) is 4.92. The highest BCUT2D eigenvalue weighted by molar-refractivity contribution is 5.97. The number of fused-ring (bicyclic) bond motifs is 2. The fourth-order valence-electron chi connectivity index (χ4n) is 3.84. The molecular weight excluding hydrogens is 354 g/mol. The average molecular weight is 371 g/mol. The predicted octanol–water partition coefficient (Wildman–Crippen LogP) is 1.53. The maximum absolute atomic E-state index is 12.5. The topological polar surface area (TPSA) is 93.1 Å². The van der Waals surface area contributed by atoms with Crippen LogP contribution in [-0.2, 0) is 16.6 Å². The normalized spacial score (nSPS) is 19.4. The molecule has 9 nitrogen and oxygen atoms in total. The van der Waals surface area contributed by atoms with E-state index < -0.39 is 5.92 Å². The van der Waals surface area contributed by atoms with Gasteiger partial charge in [-0.25, -0.2) is 4.79 Å². The molecule has 0 bridgehead atoms. The van der Waals surface area contributed by atoms with Crippen LogP contribution < -0.4 is 24.3 Å². The van der Waals surface area contributed by atoms with Crippen molar-refractivity contribution in [3.05, 3.63) is 34.8 Å². The van der Waals surface area contributed by atoms with Crippen LogP contribution >= 0.6 is 0 Å². The van der Waals surface area contributed by atoms with Crippen molar-refractivity contribution in [3.63, 3.8) is 0 Å². The Bertz CT molecular complexity index is 1010. The van der Waals surface area contributed by atoms with Gasteiger partial charge in [0.25, 0.3) is 0 Å². The molecule has 0 saturated heterocycles. The first kappa shape index (κ1) is 15.9. The minimum Gasteiger partial charge on any atom is -0.493 e. The van der Waals surface area contributed by atoms with Crippen molar-refractivity contribution in [1.29, 1.82) is 0 Å². The molecule has 4 heterocycles. The first-order chi connectivity index (χ1) is 13.1. The van der Waals surface area contributed by atoms with Gasteiger partial charge in [-0.15, -0.1) is 0 Å². The lowest BCUT2D eigenvalue weighted by molar-refractivity contribution is -0.136. The lowest BCUT2D eigenvalue weighted by Crippen LogP contribution is -2.20. The van der Waals surface area contributed by atoms with Crippen LogP contribution in [0.25, 0.3) is 0 Å². The molecule has 1 N–H and O–H groups in total. The molecule has 2 aromatic rings. The second-order valence-electron chi connectivity index (χ2n) is 6.39. The summed E-state index contributed by atoms with van der Waals surface area (Å²) in [6.07, 6.45) is 1.87. The molecule has 0 radical (unpaired) electrons. The number of methoxy groups -OCH3 is 2. The van der Waals surface area contributed by atoms with E-state index in [1.54, 1.807) is 25.0 Å². The van der Waals surface area contributed by atoms with Gasteiger partial charge >= 0.3 is 5.97 Å². The minimum absolute atomic E-state index is 0.0720. The number of benzene rings is 1. The summed E-state index contributed by atoms with van der Waals surface area (Å²) in [4.78, 5) is 12.5. The van der Waals surface area contributed by atoms with E-state index >= 15 is 0 Å². The zero-order chi connectivity index (χ0) is 18.7. The first-order valence-electron chi connectivity index (χ1n) is 8.37. The number of rotatable bonds is 3. The number of carbonyl (C=O) groups excluding carboxylic acids is 1. The van der Waals surface area contributed by atoms with Crippen molar-refractivity contribution in [2.24, 2.45) is 7.05 Å². The molecular formula is C18H17N3O6. The van der Waals surface area contributed by atoms with Gasteiger partial charge in [-0.05, 0) is 6.07 Å². The Labute approximate surface area is 154 Å². The summed E-state index contributed by atoms with van der Waals surface area (Å²) in [6.45, 7) is 0.269. The van der Waals surface area contributed by atoms with Gasteiger partial charge in [0.2, 0.25) is 18.3 Å². The molecule has 3 aliphatic heterocycles. The first-order valence-corrected chi connectivity index (χ1v) is 8.37. The van der Waals surface area contributed by atoms with Gasteiger partial charge in [0, 0.05) is 18.8 Å². The van der Waals surface area contributed by atoms with Crippen molar-refractivity contribution >= 4 is 11.7 Å². The van der Waals surface area contributed by atoms with Crippen molar-refractivity contribution < 1.29 is 28.5 Å². The number of aromatic nitrogens is 2. The van der Waals surface area contributed by atoms with E-state index in [1.165, 1.54) is 0 Å². The van der Waals surface area contributed by atoms with Crippen molar-refractivity contribution in [3.8, 4) is 23.0 Å². The van der Waals surface area contributed by atoms with Gasteiger partial charge in [0.1, 0.15) is 6.61 Å². The highest BCUT2D eigenvalue weighted by atomic mass is 16.7. The number of nitrogens with zero attached hydrogens (tertiary/aromatic N) is 2. The highest BCUT2D eigenvalue weighted by Gasteiger charge is 2.43. The Balaban J connectivity index is 1.79. The molecule has 3 aliphatic rings. The standard InChI is InChI=1S/C18H17N3O6/c1-21-5-9-14(20-21)12(13-10(19-9)6-25-18(13)22)8-4-11(23-2)16-17(15(8)24-3)27-7-26-16/h4-5,12,19H,6-7H2,1-3H3. The van der Waals surface area contributed by atoms with Crippen LogP contribution in [0.15, 0.2) is 23.5 Å². The van der Waals surface area contributed by atoms with Crippen molar-refractivity contribution in [2.75, 3.05) is 32.9 Å². The van der Waals surface area contributed by atoms with Crippen molar-refractivity contribution in [1.82, 2.24) is 9.78 Å². The molecule has 1 aromatic carbocycles. The van der Waals surface area contributed by atoms with E-state index in [-0.39, 0.29) is 19.4 Å². The molecule has 0 saturated carbocycles. The molecule has 5 rings (SSSR count). The average Bonchev–Trinajstić information content (AvgIpc) is 3.37. The van der Waals surface area contributed by atoms with Gasteiger partial charge in [-0.3, -0.25) is 4.68 Å². The minimum atomic E-state index is -0.481. The number of nitrogens with one attached hydrogen (secondary N) is 1. The van der Waals surface area contributed by atoms with Gasteiger partial charge in [-0.2, -0.15) is 5.10 Å². The molecule has 9 heteroatoms. The number of carbonyl (C=O) groups is 1. The second-order valence-corrected chi connectivity index (χ2v) is 6.39. The van der Waals surface area contributed by atoms with Gasteiger partial charge < -0.3 is 29.0 Å². The fraction of sp³-hybridized carbons (Fsp3) is 0.333. The summed E-state index contributed by atoms with van der Waals surface area (Å²) in [5.74, 6) is 1.07. The van der Waals surface area contributed by atoms with Gasteiger partial charge in [0.05, 0.1) is 42.8 Å². The summed E-state index contributed by atoms with van der Waals surface area (Å²) in [5.41, 5.74) is 3.46. The van der Waals surface area contributed by atoms with E-state index in [0.29, 0.717) is 39.8 Å². The third kappa shape index (κ3) is 2.11. The number of hydrogen-bond donors (Lipinski definition) is 1. The Morgan fingerprint density at radius 2 is 2.04 bits per heavy atom. The molecule has 1 unspecified atom stereocenters. The summed E-state index contributed by atoms with van der Waals surface area (Å²) < 4.78 is 29.3. The van der Waals surface area contributed by atoms with Crippen LogP contribution in [0.3, 0.4) is 0 Å². The Kier molecular flexibility index (Phi) is 3.27. The lowest BCUT2D eigenvalue weighted by Gasteiger charge is -2.25. The molecule has 0 aliphatic carbocycles. The summed E-state index contributed by atoms with van der Waals surface area (Å²) in [5, 5.41) is 7.82. The van der Waals surface area contributed by atoms with Gasteiger partial charge in [-0.1, -0.05) is 0 Å². The van der Waals surface area contributed by atoms with Crippen LogP contribution in [0, 0.1) is 0 Å². The fourth-order valence-corrected chi connectivity index (χ4v) is 3.84. The third-order valence-electron chi connectivity index (χ3n) is 4.92. The number of ether oxygens (including phenoxy) is 5. The molecule has 140 valence electrons. The Hall–Kier alpha value is -3.36. The zero-order valence-corrected chi connectivity index (χ0v) is 15.0.